The maximum Gasteiger partial charge on any atom is 0.263 e. The van der Waals surface area contributed by atoms with E-state index in [2.05, 4.69) is 28.7 Å². The molecule has 20 heavy (non-hydrogen) atoms. The Kier molecular flexibility index (Phi) is 2.57. The van der Waals surface area contributed by atoms with Crippen LogP contribution in [-0.4, -0.2) is 10.5 Å². The standard InChI is InChI=1S/C17H10INO/c18-14-10-15-12-8-4-5-9-13(12)17(20)19(15)16(14)11-6-2-1-3-7-11/h1-10H. The topological polar surface area (TPSA) is 22.0 Å². The summed E-state index contributed by atoms with van der Waals surface area (Å²) in [6.07, 6.45) is 0. The van der Waals surface area contributed by atoms with Gasteiger partial charge in [-0.05, 0) is 40.3 Å². The van der Waals surface area contributed by atoms with E-state index in [4.69, 9.17) is 0 Å². The molecule has 1 aliphatic heterocycles. The molecule has 2 nitrogen and oxygen atoms in total. The van der Waals surface area contributed by atoms with Gasteiger partial charge in [-0.3, -0.25) is 9.36 Å². The predicted octanol–water partition coefficient (Wildman–Crippen LogP) is 4.43. The average molecular weight is 371 g/mol. The molecule has 0 aliphatic carbocycles. The fraction of sp³-hybridized carbons (Fsp3) is 0. The quantitative estimate of drug-likeness (QED) is 0.454. The van der Waals surface area contributed by atoms with E-state index in [-0.39, 0.29) is 5.91 Å². The Morgan fingerprint density at radius 3 is 2.25 bits per heavy atom. The van der Waals surface area contributed by atoms with Crippen molar-refractivity contribution >= 4 is 28.5 Å². The zero-order chi connectivity index (χ0) is 13.7. The summed E-state index contributed by atoms with van der Waals surface area (Å²) < 4.78 is 2.94. The summed E-state index contributed by atoms with van der Waals surface area (Å²) >= 11 is 2.30. The fourth-order valence-electron chi connectivity index (χ4n) is 2.77. The zero-order valence-corrected chi connectivity index (χ0v) is 12.7. The van der Waals surface area contributed by atoms with Crippen LogP contribution in [0.4, 0.5) is 0 Å². The summed E-state index contributed by atoms with van der Waals surface area (Å²) in [5.41, 5.74) is 4.87. The Morgan fingerprint density at radius 1 is 0.850 bits per heavy atom. The highest BCUT2D eigenvalue weighted by Gasteiger charge is 2.30. The number of aromatic nitrogens is 1. The summed E-state index contributed by atoms with van der Waals surface area (Å²) in [5.74, 6) is 0.0670. The third-order valence-corrected chi connectivity index (χ3v) is 4.46. The van der Waals surface area contributed by atoms with Crippen LogP contribution in [0.1, 0.15) is 10.4 Å². The molecule has 2 aromatic carbocycles. The van der Waals surface area contributed by atoms with Gasteiger partial charge in [-0.25, -0.2) is 0 Å². The second-order valence-corrected chi connectivity index (χ2v) is 5.94. The first-order chi connectivity index (χ1) is 9.77. The summed E-state index contributed by atoms with van der Waals surface area (Å²) in [4.78, 5) is 12.7. The normalized spacial score (nSPS) is 12.3. The molecule has 0 saturated heterocycles. The minimum atomic E-state index is 0.0670. The number of carbonyl (C=O) groups excluding carboxylic acids is 1. The Hall–Kier alpha value is -1.88. The summed E-state index contributed by atoms with van der Waals surface area (Å²) in [5, 5.41) is 0. The van der Waals surface area contributed by atoms with E-state index in [1.165, 1.54) is 0 Å². The largest absolute Gasteiger partial charge is 0.275 e. The van der Waals surface area contributed by atoms with Crippen LogP contribution in [0.25, 0.3) is 22.5 Å². The fourth-order valence-corrected chi connectivity index (χ4v) is 3.61. The van der Waals surface area contributed by atoms with Crippen molar-refractivity contribution in [3.8, 4) is 22.5 Å². The number of rotatable bonds is 1. The van der Waals surface area contributed by atoms with Crippen molar-refractivity contribution in [1.82, 2.24) is 4.57 Å². The van der Waals surface area contributed by atoms with Crippen LogP contribution in [0, 0.1) is 3.57 Å². The minimum absolute atomic E-state index is 0.0670. The first-order valence-corrected chi connectivity index (χ1v) is 7.46. The van der Waals surface area contributed by atoms with Gasteiger partial charge in [0.25, 0.3) is 5.91 Å². The molecule has 0 fully saturated rings. The summed E-state index contributed by atoms with van der Waals surface area (Å²) in [7, 11) is 0. The molecule has 96 valence electrons. The number of hydrogen-bond acceptors (Lipinski definition) is 1. The molecule has 0 saturated carbocycles. The van der Waals surface area contributed by atoms with Crippen molar-refractivity contribution in [2.45, 2.75) is 0 Å². The average Bonchev–Trinajstić information content (AvgIpc) is 2.96. The number of halogens is 1. The van der Waals surface area contributed by atoms with Crippen molar-refractivity contribution < 1.29 is 4.79 Å². The highest BCUT2D eigenvalue weighted by molar-refractivity contribution is 14.1. The van der Waals surface area contributed by atoms with Gasteiger partial charge in [-0.2, -0.15) is 0 Å². The second-order valence-electron chi connectivity index (χ2n) is 4.78. The van der Waals surface area contributed by atoms with Gasteiger partial charge >= 0.3 is 0 Å². The number of fused-ring (bicyclic) bond motifs is 3. The van der Waals surface area contributed by atoms with Crippen molar-refractivity contribution in [2.24, 2.45) is 0 Å². The highest BCUT2D eigenvalue weighted by atomic mass is 127. The zero-order valence-electron chi connectivity index (χ0n) is 10.5. The van der Waals surface area contributed by atoms with Gasteiger partial charge < -0.3 is 0 Å². The maximum atomic E-state index is 12.7. The first-order valence-electron chi connectivity index (χ1n) is 6.38. The third kappa shape index (κ3) is 1.53. The molecule has 0 unspecified atom stereocenters. The van der Waals surface area contributed by atoms with Crippen molar-refractivity contribution in [3.05, 3.63) is 69.8 Å². The molecule has 3 aromatic rings. The van der Waals surface area contributed by atoms with E-state index in [0.717, 1.165) is 31.6 Å². The predicted molar refractivity (Wildman–Crippen MR) is 87.7 cm³/mol. The molecule has 3 heteroatoms. The van der Waals surface area contributed by atoms with E-state index in [0.29, 0.717) is 0 Å². The monoisotopic (exact) mass is 371 g/mol. The lowest BCUT2D eigenvalue weighted by molar-refractivity contribution is 0.0971. The van der Waals surface area contributed by atoms with Crippen molar-refractivity contribution in [3.63, 3.8) is 0 Å². The van der Waals surface area contributed by atoms with Gasteiger partial charge in [0.1, 0.15) is 0 Å². The number of hydrogen-bond donors (Lipinski definition) is 0. The van der Waals surface area contributed by atoms with Crippen molar-refractivity contribution in [1.29, 1.82) is 0 Å². The molecule has 4 rings (SSSR count). The van der Waals surface area contributed by atoms with Crippen LogP contribution in [0.15, 0.2) is 60.7 Å². The molecule has 0 bridgehead atoms. The smallest absolute Gasteiger partial charge is 0.263 e. The number of benzene rings is 2. The second kappa shape index (κ2) is 4.31. The number of carbonyl (C=O) groups is 1. The molecule has 1 aliphatic rings. The molecule has 2 heterocycles. The van der Waals surface area contributed by atoms with Crippen LogP contribution in [0.3, 0.4) is 0 Å². The molecule has 1 aromatic heterocycles. The molecular weight excluding hydrogens is 361 g/mol. The Morgan fingerprint density at radius 2 is 1.50 bits per heavy atom. The van der Waals surface area contributed by atoms with Crippen LogP contribution in [0.2, 0.25) is 0 Å². The Labute approximate surface area is 130 Å². The van der Waals surface area contributed by atoms with Crippen LogP contribution in [0.5, 0.6) is 0 Å². The first kappa shape index (κ1) is 11.9. The molecule has 0 N–H and O–H groups in total. The van der Waals surface area contributed by atoms with E-state index in [1.54, 1.807) is 0 Å². The van der Waals surface area contributed by atoms with Gasteiger partial charge in [0.15, 0.2) is 0 Å². The Bertz CT molecular complexity index is 833. The lowest BCUT2D eigenvalue weighted by Crippen LogP contribution is -2.08. The maximum absolute atomic E-state index is 12.7. The van der Waals surface area contributed by atoms with Crippen LogP contribution in [-0.2, 0) is 0 Å². The summed E-state index contributed by atoms with van der Waals surface area (Å²) in [6.45, 7) is 0. The highest BCUT2D eigenvalue weighted by Crippen LogP contribution is 2.40. The van der Waals surface area contributed by atoms with Crippen LogP contribution >= 0.6 is 22.6 Å². The molecule has 0 amide bonds. The Balaban J connectivity index is 2.04. The molecular formula is C17H10INO. The number of nitrogens with zero attached hydrogens (tertiary/aromatic N) is 1. The van der Waals surface area contributed by atoms with Gasteiger partial charge in [0.05, 0.1) is 11.4 Å². The van der Waals surface area contributed by atoms with Gasteiger partial charge in [0, 0.05) is 14.7 Å². The van der Waals surface area contributed by atoms with Crippen molar-refractivity contribution in [2.75, 3.05) is 0 Å². The van der Waals surface area contributed by atoms with E-state index in [1.807, 2.05) is 59.2 Å². The lowest BCUT2D eigenvalue weighted by Gasteiger charge is -2.06. The van der Waals surface area contributed by atoms with Gasteiger partial charge in [-0.1, -0.05) is 48.5 Å². The molecule has 0 spiro atoms. The van der Waals surface area contributed by atoms with Gasteiger partial charge in [0.2, 0.25) is 0 Å². The SMILES string of the molecule is O=C1c2ccccc2-c2cc(I)c(-c3ccccc3)n21. The molecule has 0 radical (unpaired) electrons. The summed E-state index contributed by atoms with van der Waals surface area (Å²) in [6, 6.07) is 20.0. The third-order valence-electron chi connectivity index (χ3n) is 3.64. The minimum Gasteiger partial charge on any atom is -0.275 e. The van der Waals surface area contributed by atoms with E-state index in [9.17, 15) is 4.79 Å². The lowest BCUT2D eigenvalue weighted by atomic mass is 10.1. The van der Waals surface area contributed by atoms with Crippen LogP contribution < -0.4 is 0 Å². The van der Waals surface area contributed by atoms with E-state index < -0.39 is 0 Å². The van der Waals surface area contributed by atoms with Gasteiger partial charge in [-0.15, -0.1) is 0 Å². The van der Waals surface area contributed by atoms with E-state index >= 15 is 0 Å². The molecule has 0 atom stereocenters.